The van der Waals surface area contributed by atoms with E-state index in [4.69, 9.17) is 9.73 Å². The number of aromatic amines is 1. The molecule has 0 unspecified atom stereocenters. The van der Waals surface area contributed by atoms with Gasteiger partial charge in [-0.15, -0.1) is 0 Å². The van der Waals surface area contributed by atoms with Crippen LogP contribution in [0.2, 0.25) is 0 Å². The summed E-state index contributed by atoms with van der Waals surface area (Å²) in [6.45, 7) is 0. The lowest BCUT2D eigenvalue weighted by molar-refractivity contribution is 0.303. The Morgan fingerprint density at radius 3 is 2.73 bits per heavy atom. The fraction of sp³-hybridized carbons (Fsp3) is 0.409. The first-order valence-electron chi connectivity index (χ1n) is 9.63. The van der Waals surface area contributed by atoms with Crippen molar-refractivity contribution in [3.8, 4) is 0 Å². The Hall–Kier alpha value is -2.49. The number of nitrogens with one attached hydrogen (secondary N) is 1. The molecule has 136 valence electrons. The second-order valence-electron chi connectivity index (χ2n) is 7.24. The molecule has 0 fully saturated rings. The van der Waals surface area contributed by atoms with Crippen LogP contribution >= 0.6 is 0 Å². The molecule has 0 aromatic carbocycles. The lowest BCUT2D eigenvalue weighted by Crippen LogP contribution is -2.01. The van der Waals surface area contributed by atoms with Crippen LogP contribution in [0, 0.1) is 0 Å². The Bertz CT molecular complexity index is 879. The van der Waals surface area contributed by atoms with Crippen LogP contribution in [-0.4, -0.2) is 22.4 Å². The van der Waals surface area contributed by atoms with Crippen molar-refractivity contribution in [1.82, 2.24) is 9.55 Å². The number of rotatable bonds is 3. The Morgan fingerprint density at radius 2 is 1.96 bits per heavy atom. The van der Waals surface area contributed by atoms with Crippen LogP contribution in [0.5, 0.6) is 0 Å². The minimum atomic E-state index is 0.826. The maximum atomic E-state index is 5.60. The van der Waals surface area contributed by atoms with Gasteiger partial charge in [0.1, 0.15) is 11.5 Å². The molecule has 4 nitrogen and oxygen atoms in total. The van der Waals surface area contributed by atoms with Gasteiger partial charge in [-0.05, 0) is 55.5 Å². The average molecular weight is 349 g/mol. The average Bonchev–Trinajstić information content (AvgIpc) is 3.33. The Balaban J connectivity index is 1.68. The van der Waals surface area contributed by atoms with E-state index in [2.05, 4.69) is 27.8 Å². The standard InChI is InChI=1S/C22H27N3O/c1-25-12-8-11-21(25)19-15-22(26-2)20(24-19)14-18-16-9-6-4-3-5-7-10-17(13-16)23-18/h8,11-15,23H,3-7,9-10H2,1-2H3/b20-14+. The Morgan fingerprint density at radius 1 is 1.15 bits per heavy atom. The number of allylic oxidation sites excluding steroid dienone is 1. The van der Waals surface area contributed by atoms with Gasteiger partial charge >= 0.3 is 0 Å². The molecule has 1 aliphatic heterocycles. The minimum Gasteiger partial charge on any atom is -0.494 e. The first-order valence-corrected chi connectivity index (χ1v) is 9.63. The maximum absolute atomic E-state index is 5.60. The normalized spacial score (nSPS) is 19.4. The molecular formula is C22H27N3O. The van der Waals surface area contributed by atoms with E-state index in [-0.39, 0.29) is 0 Å². The number of methoxy groups -OCH3 is 1. The molecule has 2 aromatic heterocycles. The molecule has 2 bridgehead atoms. The molecule has 0 radical (unpaired) electrons. The van der Waals surface area contributed by atoms with Gasteiger partial charge in [-0.3, -0.25) is 0 Å². The van der Waals surface area contributed by atoms with Gasteiger partial charge in [0, 0.05) is 30.7 Å². The third kappa shape index (κ3) is 3.41. The molecule has 1 aliphatic carbocycles. The highest BCUT2D eigenvalue weighted by atomic mass is 16.5. The van der Waals surface area contributed by atoms with Gasteiger partial charge in [0.15, 0.2) is 0 Å². The predicted molar refractivity (Wildman–Crippen MR) is 106 cm³/mol. The predicted octanol–water partition coefficient (Wildman–Crippen LogP) is 4.78. The van der Waals surface area contributed by atoms with Crippen molar-refractivity contribution in [3.05, 3.63) is 64.6 Å². The summed E-state index contributed by atoms with van der Waals surface area (Å²) in [5.41, 5.74) is 6.90. The molecule has 0 spiro atoms. The van der Waals surface area contributed by atoms with Crippen LogP contribution in [0.25, 0.3) is 6.08 Å². The summed E-state index contributed by atoms with van der Waals surface area (Å²) < 4.78 is 7.69. The summed E-state index contributed by atoms with van der Waals surface area (Å²) >= 11 is 0. The summed E-state index contributed by atoms with van der Waals surface area (Å²) in [7, 11) is 3.75. The first-order chi connectivity index (χ1) is 12.7. The molecule has 2 aliphatic rings. The van der Waals surface area contributed by atoms with Gasteiger partial charge < -0.3 is 14.3 Å². The largest absolute Gasteiger partial charge is 0.494 e. The van der Waals surface area contributed by atoms with Crippen molar-refractivity contribution in [2.24, 2.45) is 12.0 Å². The highest BCUT2D eigenvalue weighted by molar-refractivity contribution is 6.11. The lowest BCUT2D eigenvalue weighted by Gasteiger charge is -2.04. The van der Waals surface area contributed by atoms with Crippen LogP contribution in [0.3, 0.4) is 0 Å². The smallest absolute Gasteiger partial charge is 0.146 e. The highest BCUT2D eigenvalue weighted by Gasteiger charge is 2.19. The van der Waals surface area contributed by atoms with Gasteiger partial charge in [0.05, 0.1) is 18.5 Å². The SMILES string of the molecule is COC1=CC(c2cccn2C)=N/C1=C/c1[nH]c2cc1CCCCCCC2. The first kappa shape index (κ1) is 17.0. The van der Waals surface area contributed by atoms with Crippen LogP contribution in [0.4, 0.5) is 0 Å². The summed E-state index contributed by atoms with van der Waals surface area (Å²) in [5.74, 6) is 0.826. The number of hydrogen-bond acceptors (Lipinski definition) is 2. The summed E-state index contributed by atoms with van der Waals surface area (Å²) in [5, 5.41) is 0. The van der Waals surface area contributed by atoms with Crippen LogP contribution in [0.15, 0.2) is 46.9 Å². The molecule has 4 rings (SSSR count). The third-order valence-electron chi connectivity index (χ3n) is 5.35. The van der Waals surface area contributed by atoms with Crippen LogP contribution < -0.4 is 0 Å². The van der Waals surface area contributed by atoms with Crippen molar-refractivity contribution >= 4 is 11.8 Å². The number of aryl methyl sites for hydroxylation is 3. The van der Waals surface area contributed by atoms with Crippen molar-refractivity contribution in [3.63, 3.8) is 0 Å². The summed E-state index contributed by atoms with van der Waals surface area (Å²) in [4.78, 5) is 8.48. The second kappa shape index (κ2) is 7.40. The number of H-pyrrole nitrogens is 1. The van der Waals surface area contributed by atoms with Crippen molar-refractivity contribution in [1.29, 1.82) is 0 Å². The molecule has 2 aromatic rings. The quantitative estimate of drug-likeness (QED) is 0.851. The van der Waals surface area contributed by atoms with Gasteiger partial charge in [-0.25, -0.2) is 4.99 Å². The zero-order valence-corrected chi connectivity index (χ0v) is 15.7. The second-order valence-corrected chi connectivity index (χ2v) is 7.24. The fourth-order valence-corrected chi connectivity index (χ4v) is 3.89. The van der Waals surface area contributed by atoms with Gasteiger partial charge in [-0.2, -0.15) is 0 Å². The molecule has 26 heavy (non-hydrogen) atoms. The molecule has 3 heterocycles. The van der Waals surface area contributed by atoms with E-state index in [1.165, 1.54) is 49.1 Å². The van der Waals surface area contributed by atoms with E-state index in [0.29, 0.717) is 0 Å². The maximum Gasteiger partial charge on any atom is 0.146 e. The van der Waals surface area contributed by atoms with Gasteiger partial charge in [-0.1, -0.05) is 19.3 Å². The topological polar surface area (TPSA) is 42.3 Å². The molecule has 0 amide bonds. The third-order valence-corrected chi connectivity index (χ3v) is 5.35. The van der Waals surface area contributed by atoms with Gasteiger partial charge in [0.2, 0.25) is 0 Å². The Labute approximate surface area is 155 Å². The van der Waals surface area contributed by atoms with Crippen molar-refractivity contribution in [2.45, 2.75) is 44.9 Å². The monoisotopic (exact) mass is 349 g/mol. The lowest BCUT2D eigenvalue weighted by atomic mass is 10.0. The number of aliphatic imine (C=N–C) groups is 1. The van der Waals surface area contributed by atoms with E-state index >= 15 is 0 Å². The molecule has 0 atom stereocenters. The number of ether oxygens (including phenoxy) is 1. The number of hydrogen-bond donors (Lipinski definition) is 1. The van der Waals surface area contributed by atoms with Crippen LogP contribution in [-0.2, 0) is 24.6 Å². The zero-order valence-electron chi connectivity index (χ0n) is 15.7. The summed E-state index contributed by atoms with van der Waals surface area (Å²) in [6, 6.07) is 6.47. The Kier molecular flexibility index (Phi) is 4.83. The number of nitrogens with zero attached hydrogens (tertiary/aromatic N) is 2. The van der Waals surface area contributed by atoms with Gasteiger partial charge in [0.25, 0.3) is 0 Å². The zero-order chi connectivity index (χ0) is 17.9. The van der Waals surface area contributed by atoms with E-state index in [1.54, 1.807) is 7.11 Å². The molecule has 0 saturated carbocycles. The number of fused-ring (bicyclic) bond motifs is 2. The van der Waals surface area contributed by atoms with Crippen molar-refractivity contribution < 1.29 is 4.74 Å². The minimum absolute atomic E-state index is 0.826. The molecule has 1 N–H and O–H groups in total. The molecule has 4 heteroatoms. The summed E-state index contributed by atoms with van der Waals surface area (Å²) in [6.07, 6.45) is 15.1. The van der Waals surface area contributed by atoms with Crippen molar-refractivity contribution in [2.75, 3.05) is 7.11 Å². The van der Waals surface area contributed by atoms with E-state index in [1.807, 2.05) is 25.4 Å². The number of aromatic nitrogens is 2. The van der Waals surface area contributed by atoms with Crippen LogP contribution in [0.1, 0.15) is 54.7 Å². The fourth-order valence-electron chi connectivity index (χ4n) is 3.89. The molecular weight excluding hydrogens is 322 g/mol. The van der Waals surface area contributed by atoms with E-state index in [9.17, 15) is 0 Å². The van der Waals surface area contributed by atoms with E-state index < -0.39 is 0 Å². The highest BCUT2D eigenvalue weighted by Crippen LogP contribution is 2.27. The molecule has 0 saturated heterocycles. The van der Waals surface area contributed by atoms with E-state index in [0.717, 1.165) is 35.7 Å².